The normalized spacial score (nSPS) is 12.9. The van der Waals surface area contributed by atoms with Crippen LogP contribution in [0.1, 0.15) is 47.4 Å². The lowest BCUT2D eigenvalue weighted by Gasteiger charge is -2.31. The van der Waals surface area contributed by atoms with E-state index in [0.29, 0.717) is 18.6 Å². The van der Waals surface area contributed by atoms with Crippen molar-refractivity contribution in [3.05, 3.63) is 58.9 Å². The van der Waals surface area contributed by atoms with Crippen LogP contribution in [0.3, 0.4) is 0 Å². The van der Waals surface area contributed by atoms with Crippen LogP contribution in [0.15, 0.2) is 36.5 Å². The largest absolute Gasteiger partial charge is 0.416 e. The van der Waals surface area contributed by atoms with Gasteiger partial charge in [0.25, 0.3) is 5.91 Å². The van der Waals surface area contributed by atoms with E-state index in [1.54, 1.807) is 43.8 Å². The van der Waals surface area contributed by atoms with Gasteiger partial charge in [0.15, 0.2) is 0 Å². The average molecular weight is 522 g/mol. The fraction of sp³-hybridized carbons (Fsp3) is 0.500. The molecule has 0 radical (unpaired) electrons. The maximum atomic E-state index is 13.3. The summed E-state index contributed by atoms with van der Waals surface area (Å²) < 4.78 is 86.7. The molecule has 12 heteroatoms. The number of alkyl halides is 6. The first kappa shape index (κ1) is 29.2. The van der Waals surface area contributed by atoms with Crippen molar-refractivity contribution in [3.63, 3.8) is 0 Å². The molecule has 0 aliphatic rings. The first-order valence-electron chi connectivity index (χ1n) is 11.2. The minimum Gasteiger partial charge on any atom is -0.383 e. The Hall–Kier alpha value is -3.02. The van der Waals surface area contributed by atoms with Gasteiger partial charge in [0, 0.05) is 44.2 Å². The summed E-state index contributed by atoms with van der Waals surface area (Å²) in [6.45, 7) is 3.27. The molecule has 0 fully saturated rings. The number of hydrogen-bond donors (Lipinski definition) is 0. The summed E-state index contributed by atoms with van der Waals surface area (Å²) in [5, 5.41) is 0. The Morgan fingerprint density at radius 2 is 1.64 bits per heavy atom. The molecule has 0 bridgehead atoms. The number of ether oxygens (including phenoxy) is 1. The van der Waals surface area contributed by atoms with Gasteiger partial charge in [-0.05, 0) is 43.7 Å². The molecule has 36 heavy (non-hydrogen) atoms. The molecule has 2 aromatic rings. The van der Waals surface area contributed by atoms with Crippen LogP contribution in [0.25, 0.3) is 0 Å². The number of carbonyl (C=O) groups excluding carboxylic acids is 2. The number of amides is 2. The van der Waals surface area contributed by atoms with Crippen molar-refractivity contribution in [1.82, 2.24) is 14.4 Å². The van der Waals surface area contributed by atoms with E-state index < -0.39 is 53.4 Å². The van der Waals surface area contributed by atoms with Crippen LogP contribution in [0.5, 0.6) is 0 Å². The fourth-order valence-corrected chi connectivity index (χ4v) is 3.49. The zero-order chi connectivity index (χ0) is 27.3. The van der Waals surface area contributed by atoms with E-state index >= 15 is 0 Å². The van der Waals surface area contributed by atoms with E-state index in [1.807, 2.05) is 0 Å². The van der Waals surface area contributed by atoms with E-state index in [9.17, 15) is 35.9 Å². The van der Waals surface area contributed by atoms with Crippen LogP contribution >= 0.6 is 0 Å². The first-order chi connectivity index (χ1) is 16.7. The first-order valence-corrected chi connectivity index (χ1v) is 11.2. The van der Waals surface area contributed by atoms with E-state index in [0.717, 1.165) is 10.6 Å². The molecule has 2 amide bonds. The second kappa shape index (κ2) is 11.8. The van der Waals surface area contributed by atoms with Crippen molar-refractivity contribution in [3.8, 4) is 0 Å². The maximum absolute atomic E-state index is 13.3. The third kappa shape index (κ3) is 7.49. The van der Waals surface area contributed by atoms with E-state index in [2.05, 4.69) is 0 Å². The Bertz CT molecular complexity index is 1020. The van der Waals surface area contributed by atoms with Crippen LogP contribution in [0.4, 0.5) is 26.3 Å². The quantitative estimate of drug-likeness (QED) is 0.415. The molecule has 6 nitrogen and oxygen atoms in total. The second-order valence-electron chi connectivity index (χ2n) is 8.40. The van der Waals surface area contributed by atoms with Crippen molar-refractivity contribution < 1.29 is 40.7 Å². The zero-order valence-electron chi connectivity index (χ0n) is 20.4. The predicted molar refractivity (Wildman–Crippen MR) is 120 cm³/mol. The molecular weight excluding hydrogens is 492 g/mol. The summed E-state index contributed by atoms with van der Waals surface area (Å²) in [6, 6.07) is 3.67. The number of hydrogen-bond acceptors (Lipinski definition) is 3. The lowest BCUT2D eigenvalue weighted by molar-refractivity contribution is -0.143. The monoisotopic (exact) mass is 521 g/mol. The van der Waals surface area contributed by atoms with E-state index in [-0.39, 0.29) is 25.8 Å². The number of halogens is 6. The maximum Gasteiger partial charge on any atom is 0.416 e. The highest BCUT2D eigenvalue weighted by Gasteiger charge is 2.38. The number of benzene rings is 1. The topological polar surface area (TPSA) is 54.8 Å². The van der Waals surface area contributed by atoms with Gasteiger partial charge in [0.05, 0.1) is 24.3 Å². The molecule has 0 saturated heterocycles. The van der Waals surface area contributed by atoms with Crippen LogP contribution in [0, 0.1) is 0 Å². The fourth-order valence-electron chi connectivity index (χ4n) is 3.49. The Morgan fingerprint density at radius 1 is 1.06 bits per heavy atom. The zero-order valence-corrected chi connectivity index (χ0v) is 20.4. The van der Waals surface area contributed by atoms with E-state index in [4.69, 9.17) is 4.74 Å². The number of carbonyl (C=O) groups is 2. The molecule has 1 aromatic carbocycles. The van der Waals surface area contributed by atoms with Crippen LogP contribution in [0.2, 0.25) is 0 Å². The molecule has 0 aliphatic carbocycles. The van der Waals surface area contributed by atoms with Gasteiger partial charge in [0.1, 0.15) is 6.54 Å². The van der Waals surface area contributed by atoms with Gasteiger partial charge in [-0.1, -0.05) is 6.92 Å². The predicted octanol–water partition coefficient (Wildman–Crippen LogP) is 4.98. The number of aryl methyl sites for hydroxylation is 1. The van der Waals surface area contributed by atoms with Gasteiger partial charge in [-0.25, -0.2) is 0 Å². The van der Waals surface area contributed by atoms with Gasteiger partial charge in [-0.3, -0.25) is 9.59 Å². The van der Waals surface area contributed by atoms with Crippen LogP contribution in [-0.4, -0.2) is 59.0 Å². The number of methoxy groups -OCH3 is 1. The van der Waals surface area contributed by atoms with E-state index in [1.165, 1.54) is 12.0 Å². The minimum atomic E-state index is -5.10. The highest BCUT2D eigenvalue weighted by Crippen LogP contribution is 2.36. The lowest BCUT2D eigenvalue weighted by Crippen LogP contribution is -2.47. The molecule has 1 aromatic heterocycles. The summed E-state index contributed by atoms with van der Waals surface area (Å²) in [6.07, 6.45) is -8.09. The van der Waals surface area contributed by atoms with Crippen molar-refractivity contribution in [1.29, 1.82) is 0 Å². The lowest BCUT2D eigenvalue weighted by atomic mass is 10.0. The Labute approximate surface area is 205 Å². The molecule has 1 atom stereocenters. The number of rotatable bonds is 10. The Morgan fingerprint density at radius 3 is 2.08 bits per heavy atom. The van der Waals surface area contributed by atoms with Crippen molar-refractivity contribution in [2.45, 2.75) is 45.2 Å². The van der Waals surface area contributed by atoms with Gasteiger partial charge < -0.3 is 19.1 Å². The third-order valence-electron chi connectivity index (χ3n) is 5.85. The van der Waals surface area contributed by atoms with Crippen LogP contribution < -0.4 is 0 Å². The summed E-state index contributed by atoms with van der Waals surface area (Å²) in [5.41, 5.74) is -3.20. The standard InChI is InChI=1S/C24H29F6N3O3/c1-5-16(2)33(15-21(34)32(9-10-36-4)14-20-7-6-8-31(20)3)22(35)17-11-18(23(25,26)27)13-19(12-17)24(28,29)30/h6-8,11-13,16H,5,9-10,14-15H2,1-4H3. The molecule has 2 rings (SSSR count). The second-order valence-corrected chi connectivity index (χ2v) is 8.40. The molecule has 1 heterocycles. The molecule has 1 unspecified atom stereocenters. The third-order valence-corrected chi connectivity index (χ3v) is 5.85. The van der Waals surface area contributed by atoms with Gasteiger partial charge >= 0.3 is 12.4 Å². The highest BCUT2D eigenvalue weighted by molar-refractivity contribution is 5.97. The molecule has 0 N–H and O–H groups in total. The highest BCUT2D eigenvalue weighted by atomic mass is 19.4. The van der Waals surface area contributed by atoms with Gasteiger partial charge in [-0.2, -0.15) is 26.3 Å². The van der Waals surface area contributed by atoms with Crippen molar-refractivity contribution >= 4 is 11.8 Å². The molecule has 0 saturated carbocycles. The van der Waals surface area contributed by atoms with Crippen LogP contribution in [-0.2, 0) is 35.5 Å². The molecular formula is C24H29F6N3O3. The number of nitrogens with zero attached hydrogens (tertiary/aromatic N) is 3. The molecule has 0 spiro atoms. The van der Waals surface area contributed by atoms with Gasteiger partial charge in [0.2, 0.25) is 5.91 Å². The summed E-state index contributed by atoms with van der Waals surface area (Å²) in [4.78, 5) is 28.9. The summed E-state index contributed by atoms with van der Waals surface area (Å²) in [7, 11) is 3.24. The number of aromatic nitrogens is 1. The molecule has 200 valence electrons. The minimum absolute atomic E-state index is 0.0398. The SMILES string of the molecule is CCC(C)N(CC(=O)N(CCOC)Cc1cccn1C)C(=O)c1cc(C(F)(F)F)cc(C(F)(F)F)c1. The Balaban J connectivity index is 2.42. The molecule has 0 aliphatic heterocycles. The Kier molecular flexibility index (Phi) is 9.58. The van der Waals surface area contributed by atoms with Crippen molar-refractivity contribution in [2.24, 2.45) is 7.05 Å². The average Bonchev–Trinajstić information content (AvgIpc) is 3.21. The van der Waals surface area contributed by atoms with Crippen molar-refractivity contribution in [2.75, 3.05) is 26.8 Å². The van der Waals surface area contributed by atoms with Gasteiger partial charge in [-0.15, -0.1) is 0 Å². The summed E-state index contributed by atoms with van der Waals surface area (Å²) in [5.74, 6) is -1.62. The summed E-state index contributed by atoms with van der Waals surface area (Å²) >= 11 is 0. The smallest absolute Gasteiger partial charge is 0.383 e.